The first-order chi connectivity index (χ1) is 14.5. The first-order valence-electron chi connectivity index (χ1n) is 8.48. The first kappa shape index (κ1) is 21.8. The minimum absolute atomic E-state index is 0.0419. The second kappa shape index (κ2) is 10.3. The van der Waals surface area contributed by atoms with Gasteiger partial charge in [0, 0.05) is 16.6 Å². The number of benzene rings is 2. The van der Waals surface area contributed by atoms with Crippen LogP contribution in [-0.2, 0) is 4.79 Å². The van der Waals surface area contributed by atoms with Crippen molar-refractivity contribution < 1.29 is 23.0 Å². The number of amides is 1. The lowest BCUT2D eigenvalue weighted by molar-refractivity contribution is -0.113. The molecule has 2 aromatic carbocycles. The van der Waals surface area contributed by atoms with Gasteiger partial charge >= 0.3 is 0 Å². The molecule has 158 valence electrons. The van der Waals surface area contributed by atoms with Crippen LogP contribution in [0, 0.1) is 0 Å². The second-order valence-corrected chi connectivity index (χ2v) is 7.66. The summed E-state index contributed by atoms with van der Waals surface area (Å²) in [4.78, 5) is 12.7. The molecule has 3 aromatic rings. The Balaban J connectivity index is 1.65. The van der Waals surface area contributed by atoms with Crippen molar-refractivity contribution in [1.82, 2.24) is 20.2 Å². The van der Waals surface area contributed by atoms with Gasteiger partial charge in [-0.2, -0.15) is 13.5 Å². The third-order valence-corrected chi connectivity index (χ3v) is 5.39. The Morgan fingerprint density at radius 3 is 2.60 bits per heavy atom. The summed E-state index contributed by atoms with van der Waals surface area (Å²) in [5.41, 5.74) is 1.07. The summed E-state index contributed by atoms with van der Waals surface area (Å²) >= 11 is 1.58. The summed E-state index contributed by atoms with van der Waals surface area (Å²) in [5.74, 6) is -1.60. The summed E-state index contributed by atoms with van der Waals surface area (Å²) in [6.45, 7) is 0. The fourth-order valence-electron chi connectivity index (χ4n) is 2.43. The van der Waals surface area contributed by atoms with Gasteiger partial charge in [0.1, 0.15) is 17.2 Å². The van der Waals surface area contributed by atoms with Gasteiger partial charge in [0.15, 0.2) is 0 Å². The molecule has 8 nitrogen and oxygen atoms in total. The monoisotopic (exact) mass is 453 g/mol. The van der Waals surface area contributed by atoms with Crippen molar-refractivity contribution in [2.45, 2.75) is 15.8 Å². The van der Waals surface area contributed by atoms with Crippen molar-refractivity contribution in [2.75, 3.05) is 25.3 Å². The van der Waals surface area contributed by atoms with Crippen molar-refractivity contribution in [1.29, 1.82) is 0 Å². The topological polar surface area (TPSA) is 91.2 Å². The van der Waals surface area contributed by atoms with Crippen LogP contribution in [0.1, 0.15) is 0 Å². The zero-order chi connectivity index (χ0) is 21.5. The lowest BCUT2D eigenvalue weighted by atomic mass is 10.3. The summed E-state index contributed by atoms with van der Waals surface area (Å²) in [7, 11) is 3.07. The minimum atomic E-state index is -2.49. The maximum Gasteiger partial charge on any atom is 0.288 e. The van der Waals surface area contributed by atoms with Crippen LogP contribution in [0.3, 0.4) is 0 Å². The lowest BCUT2D eigenvalue weighted by Crippen LogP contribution is -2.14. The summed E-state index contributed by atoms with van der Waals surface area (Å²) < 4.78 is 36.8. The number of nitrogens with zero attached hydrogens (tertiary/aromatic N) is 4. The number of rotatable bonds is 9. The zero-order valence-corrected chi connectivity index (χ0v) is 17.5. The molecule has 0 aliphatic rings. The van der Waals surface area contributed by atoms with Crippen molar-refractivity contribution in [3.63, 3.8) is 0 Å². The van der Waals surface area contributed by atoms with Gasteiger partial charge in [-0.05, 0) is 46.8 Å². The van der Waals surface area contributed by atoms with Gasteiger partial charge in [-0.1, -0.05) is 23.5 Å². The van der Waals surface area contributed by atoms with Gasteiger partial charge in [-0.15, -0.1) is 5.10 Å². The van der Waals surface area contributed by atoms with Crippen molar-refractivity contribution in [3.8, 4) is 17.2 Å². The molecule has 3 rings (SSSR count). The molecule has 0 spiro atoms. The van der Waals surface area contributed by atoms with E-state index in [1.54, 1.807) is 37.4 Å². The Hall–Kier alpha value is -2.86. The Kier molecular flexibility index (Phi) is 7.46. The highest BCUT2D eigenvalue weighted by atomic mass is 32.2. The number of nitrogens with one attached hydrogen (secondary N) is 1. The third-order valence-electron chi connectivity index (χ3n) is 3.75. The molecule has 0 aliphatic carbocycles. The van der Waals surface area contributed by atoms with E-state index in [2.05, 4.69) is 20.8 Å². The number of aromatic nitrogens is 4. The Morgan fingerprint density at radius 2 is 1.93 bits per heavy atom. The van der Waals surface area contributed by atoms with Crippen molar-refractivity contribution in [3.05, 3.63) is 42.5 Å². The number of alkyl halides is 2. The van der Waals surface area contributed by atoms with E-state index in [1.807, 2.05) is 0 Å². The molecule has 1 N–H and O–H groups in total. The quantitative estimate of drug-likeness (QED) is 0.490. The third kappa shape index (κ3) is 5.60. The molecule has 0 saturated carbocycles. The maximum atomic E-state index is 12.4. The number of hydrogen-bond acceptors (Lipinski definition) is 8. The number of methoxy groups -OCH3 is 2. The van der Waals surface area contributed by atoms with E-state index in [-0.39, 0.29) is 11.7 Å². The van der Waals surface area contributed by atoms with Crippen molar-refractivity contribution >= 4 is 35.1 Å². The number of hydrogen-bond donors (Lipinski definition) is 1. The van der Waals surface area contributed by atoms with E-state index in [1.165, 1.54) is 23.9 Å². The van der Waals surface area contributed by atoms with Crippen molar-refractivity contribution in [2.24, 2.45) is 0 Å². The SMILES string of the molecule is COc1ccc(OC)c(-n2nnnc2SCC(=O)Nc2ccc(SC(F)F)cc2)c1. The summed E-state index contributed by atoms with van der Waals surface area (Å²) in [6.07, 6.45) is 0. The lowest BCUT2D eigenvalue weighted by Gasteiger charge is -2.11. The van der Waals surface area contributed by atoms with E-state index in [4.69, 9.17) is 9.47 Å². The Morgan fingerprint density at radius 1 is 1.17 bits per heavy atom. The highest BCUT2D eigenvalue weighted by Crippen LogP contribution is 2.30. The Bertz CT molecular complexity index is 1000. The smallest absolute Gasteiger partial charge is 0.288 e. The van der Waals surface area contributed by atoms with E-state index >= 15 is 0 Å². The fourth-order valence-corrected chi connectivity index (χ4v) is 3.61. The summed E-state index contributed by atoms with van der Waals surface area (Å²) in [6, 6.07) is 11.4. The van der Waals surface area contributed by atoms with Crippen LogP contribution in [0.15, 0.2) is 52.5 Å². The fraction of sp³-hybridized carbons (Fsp3) is 0.222. The van der Waals surface area contributed by atoms with E-state index in [0.717, 1.165) is 11.8 Å². The molecule has 0 unspecified atom stereocenters. The number of anilines is 1. The maximum absolute atomic E-state index is 12.4. The minimum Gasteiger partial charge on any atom is -0.497 e. The van der Waals surface area contributed by atoms with Crippen LogP contribution in [0.4, 0.5) is 14.5 Å². The standard InChI is InChI=1S/C18H17F2N5O3S2/c1-27-12-5-8-15(28-2)14(9-12)25-18(22-23-24-25)29-10-16(26)21-11-3-6-13(7-4-11)30-17(19)20/h3-9,17H,10H2,1-2H3,(H,21,26). The van der Waals surface area contributed by atoms with Gasteiger partial charge in [0.05, 0.1) is 20.0 Å². The van der Waals surface area contributed by atoms with Crippen LogP contribution >= 0.6 is 23.5 Å². The molecular weight excluding hydrogens is 436 g/mol. The number of carbonyl (C=O) groups excluding carboxylic acids is 1. The molecule has 0 saturated heterocycles. The highest BCUT2D eigenvalue weighted by molar-refractivity contribution is 8.00. The van der Waals surface area contributed by atoms with Crippen LogP contribution < -0.4 is 14.8 Å². The number of ether oxygens (including phenoxy) is 2. The molecule has 0 bridgehead atoms. The number of halogens is 2. The second-order valence-electron chi connectivity index (χ2n) is 5.65. The van der Waals surface area contributed by atoms with Gasteiger partial charge in [0.25, 0.3) is 5.76 Å². The zero-order valence-electron chi connectivity index (χ0n) is 15.9. The van der Waals surface area contributed by atoms with Crippen LogP contribution in [-0.4, -0.2) is 51.8 Å². The van der Waals surface area contributed by atoms with Gasteiger partial charge in [-0.3, -0.25) is 4.79 Å². The van der Waals surface area contributed by atoms with E-state index in [0.29, 0.717) is 44.7 Å². The summed E-state index contributed by atoms with van der Waals surface area (Å²) in [5, 5.41) is 14.7. The molecule has 1 amide bonds. The highest BCUT2D eigenvalue weighted by Gasteiger charge is 2.16. The number of thioether (sulfide) groups is 2. The normalized spacial score (nSPS) is 10.8. The Labute approximate surface area is 179 Å². The number of carbonyl (C=O) groups is 1. The molecule has 0 radical (unpaired) electrons. The molecule has 30 heavy (non-hydrogen) atoms. The van der Waals surface area contributed by atoms with Crippen LogP contribution in [0.25, 0.3) is 5.69 Å². The first-order valence-corrected chi connectivity index (χ1v) is 10.3. The van der Waals surface area contributed by atoms with Gasteiger partial charge < -0.3 is 14.8 Å². The number of tetrazole rings is 1. The average molecular weight is 453 g/mol. The molecule has 12 heteroatoms. The van der Waals surface area contributed by atoms with Gasteiger partial charge in [-0.25, -0.2) is 0 Å². The van der Waals surface area contributed by atoms with Crippen LogP contribution in [0.2, 0.25) is 0 Å². The van der Waals surface area contributed by atoms with E-state index in [9.17, 15) is 13.6 Å². The molecule has 1 heterocycles. The predicted molar refractivity (Wildman–Crippen MR) is 110 cm³/mol. The molecule has 1 aromatic heterocycles. The average Bonchev–Trinajstić information content (AvgIpc) is 3.21. The molecular formula is C18H17F2N5O3S2. The largest absolute Gasteiger partial charge is 0.497 e. The van der Waals surface area contributed by atoms with Crippen LogP contribution in [0.5, 0.6) is 11.5 Å². The van der Waals surface area contributed by atoms with E-state index < -0.39 is 5.76 Å². The molecule has 0 aliphatic heterocycles. The molecule has 0 fully saturated rings. The predicted octanol–water partition coefficient (Wildman–Crippen LogP) is 3.73. The molecule has 0 atom stereocenters. The van der Waals surface area contributed by atoms with Gasteiger partial charge in [0.2, 0.25) is 11.1 Å².